The normalized spacial score (nSPS) is 10.2. The molecule has 2 aromatic carbocycles. The van der Waals surface area contributed by atoms with E-state index in [-0.39, 0.29) is 0 Å². The lowest BCUT2D eigenvalue weighted by molar-refractivity contribution is 1.13. The molecule has 0 fully saturated rings. The van der Waals surface area contributed by atoms with E-state index in [1.54, 1.807) is 6.20 Å². The molecule has 0 atom stereocenters. The van der Waals surface area contributed by atoms with Gasteiger partial charge in [-0.2, -0.15) is 5.26 Å². The largest absolute Gasteiger partial charge is 0.378 e. The first kappa shape index (κ1) is 13.9. The summed E-state index contributed by atoms with van der Waals surface area (Å²) in [5, 5.41) is 13.6. The van der Waals surface area contributed by atoms with Crippen molar-refractivity contribution >= 4 is 28.0 Å². The summed E-state index contributed by atoms with van der Waals surface area (Å²) >= 11 is 0. The molecule has 0 aliphatic carbocycles. The van der Waals surface area contributed by atoms with Gasteiger partial charge >= 0.3 is 0 Å². The maximum absolute atomic E-state index is 9.34. The summed E-state index contributed by atoms with van der Waals surface area (Å²) in [5.74, 6) is 0. The lowest BCUT2D eigenvalue weighted by atomic mass is 10.1. The molecule has 22 heavy (non-hydrogen) atoms. The van der Waals surface area contributed by atoms with Crippen molar-refractivity contribution in [2.45, 2.75) is 0 Å². The van der Waals surface area contributed by atoms with Crippen molar-refractivity contribution in [3.05, 3.63) is 60.3 Å². The minimum atomic E-state index is 0.537. The van der Waals surface area contributed by atoms with Gasteiger partial charge in [0.2, 0.25) is 0 Å². The highest BCUT2D eigenvalue weighted by Crippen LogP contribution is 2.29. The van der Waals surface area contributed by atoms with Crippen molar-refractivity contribution in [1.29, 1.82) is 5.26 Å². The van der Waals surface area contributed by atoms with Crippen LogP contribution in [0.1, 0.15) is 5.56 Å². The van der Waals surface area contributed by atoms with Crippen LogP contribution < -0.4 is 10.2 Å². The molecule has 0 saturated heterocycles. The van der Waals surface area contributed by atoms with Gasteiger partial charge in [-0.3, -0.25) is 4.98 Å². The molecule has 0 amide bonds. The number of nitrogens with zero attached hydrogens (tertiary/aromatic N) is 3. The first-order chi connectivity index (χ1) is 10.7. The molecule has 108 valence electrons. The molecule has 4 heteroatoms. The van der Waals surface area contributed by atoms with Gasteiger partial charge in [-0.05, 0) is 30.3 Å². The number of hydrogen-bond donors (Lipinski definition) is 1. The first-order valence-corrected chi connectivity index (χ1v) is 7.01. The lowest BCUT2D eigenvalue weighted by Gasteiger charge is -2.14. The summed E-state index contributed by atoms with van der Waals surface area (Å²) in [7, 11) is 4.01. The molecule has 3 rings (SSSR count). The predicted molar refractivity (Wildman–Crippen MR) is 90.5 cm³/mol. The van der Waals surface area contributed by atoms with Crippen LogP contribution in [-0.4, -0.2) is 19.1 Å². The van der Waals surface area contributed by atoms with Gasteiger partial charge in [0.15, 0.2) is 0 Å². The Morgan fingerprint density at radius 2 is 1.77 bits per heavy atom. The Morgan fingerprint density at radius 3 is 2.45 bits per heavy atom. The number of rotatable bonds is 3. The monoisotopic (exact) mass is 288 g/mol. The topological polar surface area (TPSA) is 52.0 Å². The van der Waals surface area contributed by atoms with Gasteiger partial charge in [-0.1, -0.05) is 18.2 Å². The Balaban J connectivity index is 2.04. The second kappa shape index (κ2) is 5.74. The molecule has 1 aromatic heterocycles. The van der Waals surface area contributed by atoms with Crippen LogP contribution in [0.15, 0.2) is 54.7 Å². The Hall–Kier alpha value is -3.06. The molecule has 0 saturated carbocycles. The Kier molecular flexibility index (Phi) is 3.63. The zero-order valence-corrected chi connectivity index (χ0v) is 12.5. The average molecular weight is 288 g/mol. The van der Waals surface area contributed by atoms with Crippen LogP contribution in [0.4, 0.5) is 17.1 Å². The van der Waals surface area contributed by atoms with Gasteiger partial charge < -0.3 is 10.2 Å². The highest BCUT2D eigenvalue weighted by molar-refractivity contribution is 5.95. The molecule has 1 heterocycles. The van der Waals surface area contributed by atoms with E-state index in [0.29, 0.717) is 5.56 Å². The summed E-state index contributed by atoms with van der Waals surface area (Å²) < 4.78 is 0. The van der Waals surface area contributed by atoms with Gasteiger partial charge in [0, 0.05) is 37.1 Å². The van der Waals surface area contributed by atoms with Crippen LogP contribution in [0.3, 0.4) is 0 Å². The second-order valence-electron chi connectivity index (χ2n) is 5.24. The third-order valence-electron chi connectivity index (χ3n) is 3.55. The fourth-order valence-corrected chi connectivity index (χ4v) is 2.35. The van der Waals surface area contributed by atoms with Gasteiger partial charge in [-0.25, -0.2) is 0 Å². The lowest BCUT2D eigenvalue weighted by Crippen LogP contribution is -2.08. The minimum absolute atomic E-state index is 0.537. The molecule has 0 unspecified atom stereocenters. The molecule has 0 bridgehead atoms. The van der Waals surface area contributed by atoms with Crippen molar-refractivity contribution in [2.24, 2.45) is 0 Å². The molecule has 0 spiro atoms. The molecule has 0 aliphatic heterocycles. The molecule has 4 nitrogen and oxygen atoms in total. The van der Waals surface area contributed by atoms with Gasteiger partial charge in [-0.15, -0.1) is 0 Å². The Morgan fingerprint density at radius 1 is 1.05 bits per heavy atom. The van der Waals surface area contributed by atoms with Crippen molar-refractivity contribution in [2.75, 3.05) is 24.3 Å². The predicted octanol–water partition coefficient (Wildman–Crippen LogP) is 3.92. The van der Waals surface area contributed by atoms with E-state index in [9.17, 15) is 5.26 Å². The van der Waals surface area contributed by atoms with E-state index in [1.165, 1.54) is 0 Å². The number of nitrogens with one attached hydrogen (secondary N) is 1. The standard InChI is InChI=1S/C18H16N4/c1-22(2)15-9-7-14(8-10-15)21-18-13(11-19)12-20-17-6-4-3-5-16(17)18/h3-10,12H,1-2H3,(H,20,21). The number of aromatic nitrogens is 1. The number of hydrogen-bond acceptors (Lipinski definition) is 4. The molecular weight excluding hydrogens is 272 g/mol. The van der Waals surface area contributed by atoms with E-state index in [1.807, 2.05) is 67.5 Å². The van der Waals surface area contributed by atoms with Crippen LogP contribution in [-0.2, 0) is 0 Å². The third kappa shape index (κ3) is 2.57. The summed E-state index contributed by atoms with van der Waals surface area (Å²) in [4.78, 5) is 6.37. The number of pyridine rings is 1. The van der Waals surface area contributed by atoms with E-state index < -0.39 is 0 Å². The number of nitriles is 1. The SMILES string of the molecule is CN(C)c1ccc(Nc2c(C#N)cnc3ccccc23)cc1. The van der Waals surface area contributed by atoms with Gasteiger partial charge in [0.25, 0.3) is 0 Å². The van der Waals surface area contributed by atoms with Crippen LogP contribution in [0.5, 0.6) is 0 Å². The van der Waals surface area contributed by atoms with Gasteiger partial charge in [0.05, 0.1) is 16.8 Å². The molecular formula is C18H16N4. The number of fused-ring (bicyclic) bond motifs is 1. The maximum atomic E-state index is 9.34. The average Bonchev–Trinajstić information content (AvgIpc) is 2.55. The minimum Gasteiger partial charge on any atom is -0.378 e. The highest BCUT2D eigenvalue weighted by Gasteiger charge is 2.08. The van der Waals surface area contributed by atoms with Crippen LogP contribution in [0.2, 0.25) is 0 Å². The van der Waals surface area contributed by atoms with E-state index >= 15 is 0 Å². The van der Waals surface area contributed by atoms with E-state index in [0.717, 1.165) is 28.0 Å². The highest BCUT2D eigenvalue weighted by atomic mass is 15.1. The van der Waals surface area contributed by atoms with Gasteiger partial charge in [0.1, 0.15) is 6.07 Å². The van der Waals surface area contributed by atoms with Crippen LogP contribution in [0, 0.1) is 11.3 Å². The fourth-order valence-electron chi connectivity index (χ4n) is 2.35. The molecule has 3 aromatic rings. The van der Waals surface area contributed by atoms with Crippen LogP contribution >= 0.6 is 0 Å². The molecule has 0 aliphatic rings. The molecule has 0 radical (unpaired) electrons. The van der Waals surface area contributed by atoms with E-state index in [4.69, 9.17) is 0 Å². The number of benzene rings is 2. The Labute approximate surface area is 129 Å². The Bertz CT molecular complexity index is 845. The summed E-state index contributed by atoms with van der Waals surface area (Å²) in [6, 6.07) is 18.1. The summed E-state index contributed by atoms with van der Waals surface area (Å²) in [5.41, 5.74) is 4.28. The summed E-state index contributed by atoms with van der Waals surface area (Å²) in [6.07, 6.45) is 1.61. The quantitative estimate of drug-likeness (QED) is 0.793. The van der Waals surface area contributed by atoms with Crippen molar-refractivity contribution in [1.82, 2.24) is 4.98 Å². The third-order valence-corrected chi connectivity index (χ3v) is 3.55. The smallest absolute Gasteiger partial charge is 0.103 e. The van der Waals surface area contributed by atoms with Crippen molar-refractivity contribution < 1.29 is 0 Å². The first-order valence-electron chi connectivity index (χ1n) is 7.01. The number of para-hydroxylation sites is 1. The second-order valence-corrected chi connectivity index (χ2v) is 5.24. The summed E-state index contributed by atoms with van der Waals surface area (Å²) in [6.45, 7) is 0. The maximum Gasteiger partial charge on any atom is 0.103 e. The van der Waals surface area contributed by atoms with Crippen LogP contribution in [0.25, 0.3) is 10.9 Å². The van der Waals surface area contributed by atoms with Crippen molar-refractivity contribution in [3.63, 3.8) is 0 Å². The van der Waals surface area contributed by atoms with Crippen molar-refractivity contribution in [3.8, 4) is 6.07 Å². The number of anilines is 3. The zero-order valence-electron chi connectivity index (χ0n) is 12.5. The van der Waals surface area contributed by atoms with E-state index in [2.05, 4.69) is 16.4 Å². The fraction of sp³-hybridized carbons (Fsp3) is 0.111. The zero-order chi connectivity index (χ0) is 15.5. The molecule has 1 N–H and O–H groups in total.